The van der Waals surface area contributed by atoms with Crippen molar-refractivity contribution in [3.63, 3.8) is 0 Å². The molecular formula is C12H19NO3S2. The zero-order valence-electron chi connectivity index (χ0n) is 10.4. The minimum Gasteiger partial charge on any atom is -0.392 e. The topological polar surface area (TPSA) is 66.4 Å². The third kappa shape index (κ3) is 4.97. The van der Waals surface area contributed by atoms with Crippen LogP contribution in [0.5, 0.6) is 0 Å². The molecule has 18 heavy (non-hydrogen) atoms. The van der Waals surface area contributed by atoms with E-state index in [4.69, 9.17) is 5.11 Å². The summed E-state index contributed by atoms with van der Waals surface area (Å²) in [5, 5.41) is 8.89. The van der Waals surface area contributed by atoms with E-state index < -0.39 is 10.0 Å². The van der Waals surface area contributed by atoms with E-state index >= 15 is 0 Å². The third-order valence-electron chi connectivity index (χ3n) is 2.38. The molecule has 0 heterocycles. The fraction of sp³-hybridized carbons (Fsp3) is 0.500. The number of hydrogen-bond acceptors (Lipinski definition) is 4. The van der Waals surface area contributed by atoms with Crippen molar-refractivity contribution in [1.82, 2.24) is 4.72 Å². The number of nitrogens with one attached hydrogen (secondary N) is 1. The molecule has 0 fully saturated rings. The molecule has 0 spiro atoms. The van der Waals surface area contributed by atoms with Gasteiger partial charge in [-0.15, -0.1) is 0 Å². The number of sulfonamides is 1. The second-order valence-electron chi connectivity index (χ2n) is 3.75. The van der Waals surface area contributed by atoms with Crippen LogP contribution in [-0.2, 0) is 16.6 Å². The van der Waals surface area contributed by atoms with Crippen LogP contribution >= 0.6 is 11.8 Å². The summed E-state index contributed by atoms with van der Waals surface area (Å²) in [6, 6.07) is 6.24. The van der Waals surface area contributed by atoms with Crippen molar-refractivity contribution >= 4 is 21.8 Å². The number of thioether (sulfide) groups is 1. The van der Waals surface area contributed by atoms with Crippen LogP contribution in [0, 0.1) is 0 Å². The van der Waals surface area contributed by atoms with Crippen LogP contribution in [0.4, 0.5) is 0 Å². The van der Waals surface area contributed by atoms with Crippen LogP contribution < -0.4 is 4.72 Å². The van der Waals surface area contributed by atoms with Gasteiger partial charge in [0, 0.05) is 6.54 Å². The molecular weight excluding hydrogens is 270 g/mol. The highest BCUT2D eigenvalue weighted by Crippen LogP contribution is 2.10. The fourth-order valence-electron chi connectivity index (χ4n) is 1.38. The molecule has 0 aliphatic rings. The maximum absolute atomic E-state index is 11.9. The average molecular weight is 289 g/mol. The third-order valence-corrected chi connectivity index (χ3v) is 4.84. The first kappa shape index (κ1) is 15.5. The zero-order chi connectivity index (χ0) is 13.4. The average Bonchev–Trinajstić information content (AvgIpc) is 2.38. The van der Waals surface area contributed by atoms with Crippen molar-refractivity contribution in [1.29, 1.82) is 0 Å². The monoisotopic (exact) mass is 289 g/mol. The summed E-state index contributed by atoms with van der Waals surface area (Å²) < 4.78 is 26.3. The lowest BCUT2D eigenvalue weighted by Gasteiger charge is -2.07. The van der Waals surface area contributed by atoms with Gasteiger partial charge >= 0.3 is 0 Å². The predicted octanol–water partition coefficient (Wildman–Crippen LogP) is 1.60. The number of rotatable bonds is 8. The molecule has 0 aliphatic carbocycles. The molecule has 0 unspecified atom stereocenters. The predicted molar refractivity (Wildman–Crippen MR) is 75.2 cm³/mol. The standard InChI is InChI=1S/C12H19NO3S2/c1-2-17-9-3-8-13-18(15,16)12-6-4-11(10-14)5-7-12/h4-7,13-14H,2-3,8-10H2,1H3. The summed E-state index contributed by atoms with van der Waals surface area (Å²) >= 11 is 1.80. The normalized spacial score (nSPS) is 11.7. The Balaban J connectivity index is 2.51. The van der Waals surface area contributed by atoms with E-state index in [1.807, 2.05) is 0 Å². The van der Waals surface area contributed by atoms with Gasteiger partial charge in [0.25, 0.3) is 0 Å². The molecule has 1 rings (SSSR count). The van der Waals surface area contributed by atoms with Gasteiger partial charge in [-0.2, -0.15) is 11.8 Å². The lowest BCUT2D eigenvalue weighted by molar-refractivity contribution is 0.282. The van der Waals surface area contributed by atoms with E-state index in [2.05, 4.69) is 11.6 Å². The van der Waals surface area contributed by atoms with E-state index in [-0.39, 0.29) is 11.5 Å². The lowest BCUT2D eigenvalue weighted by atomic mass is 10.2. The zero-order valence-corrected chi connectivity index (χ0v) is 12.1. The Morgan fingerprint density at radius 1 is 1.28 bits per heavy atom. The van der Waals surface area contributed by atoms with Gasteiger partial charge in [0.05, 0.1) is 11.5 Å². The van der Waals surface area contributed by atoms with Crippen molar-refractivity contribution in [3.8, 4) is 0 Å². The molecule has 0 saturated heterocycles. The minimum atomic E-state index is -3.41. The van der Waals surface area contributed by atoms with Gasteiger partial charge in [-0.3, -0.25) is 0 Å². The van der Waals surface area contributed by atoms with Gasteiger partial charge in [-0.25, -0.2) is 13.1 Å². The van der Waals surface area contributed by atoms with Gasteiger partial charge in [0.2, 0.25) is 10.0 Å². The molecule has 2 N–H and O–H groups in total. The number of benzene rings is 1. The van der Waals surface area contributed by atoms with Crippen molar-refractivity contribution in [2.75, 3.05) is 18.1 Å². The van der Waals surface area contributed by atoms with E-state index in [1.165, 1.54) is 12.1 Å². The highest BCUT2D eigenvalue weighted by atomic mass is 32.2. The summed E-state index contributed by atoms with van der Waals surface area (Å²) in [4.78, 5) is 0.239. The Morgan fingerprint density at radius 3 is 2.50 bits per heavy atom. The summed E-state index contributed by atoms with van der Waals surface area (Å²) in [6.07, 6.45) is 0.826. The Kier molecular flexibility index (Phi) is 6.70. The lowest BCUT2D eigenvalue weighted by Crippen LogP contribution is -2.25. The molecule has 0 saturated carbocycles. The van der Waals surface area contributed by atoms with Crippen molar-refractivity contribution < 1.29 is 13.5 Å². The Morgan fingerprint density at radius 2 is 1.94 bits per heavy atom. The second kappa shape index (κ2) is 7.78. The quantitative estimate of drug-likeness (QED) is 0.713. The summed E-state index contributed by atoms with van der Waals surface area (Å²) in [6.45, 7) is 2.45. The Hall–Kier alpha value is -0.560. The van der Waals surface area contributed by atoms with E-state index in [9.17, 15) is 8.42 Å². The first-order valence-electron chi connectivity index (χ1n) is 5.87. The van der Waals surface area contributed by atoms with Gasteiger partial charge in [0.15, 0.2) is 0 Å². The highest BCUT2D eigenvalue weighted by molar-refractivity contribution is 7.99. The molecule has 0 bridgehead atoms. The Labute approximate surface area is 113 Å². The van der Waals surface area contributed by atoms with Gasteiger partial charge in [-0.05, 0) is 35.6 Å². The van der Waals surface area contributed by atoms with Crippen molar-refractivity contribution in [2.45, 2.75) is 24.8 Å². The minimum absolute atomic E-state index is 0.0814. The summed E-state index contributed by atoms with van der Waals surface area (Å²) in [5.74, 6) is 2.01. The van der Waals surface area contributed by atoms with Crippen molar-refractivity contribution in [3.05, 3.63) is 29.8 Å². The van der Waals surface area contributed by atoms with E-state index in [1.54, 1.807) is 23.9 Å². The first-order valence-corrected chi connectivity index (χ1v) is 8.51. The van der Waals surface area contributed by atoms with Crippen molar-refractivity contribution in [2.24, 2.45) is 0 Å². The van der Waals surface area contributed by atoms with Crippen LogP contribution in [0.2, 0.25) is 0 Å². The molecule has 102 valence electrons. The van der Waals surface area contributed by atoms with Gasteiger partial charge in [-0.1, -0.05) is 19.1 Å². The molecule has 1 aromatic rings. The molecule has 0 atom stereocenters. The largest absolute Gasteiger partial charge is 0.392 e. The van der Waals surface area contributed by atoms with E-state index in [0.717, 1.165) is 17.9 Å². The fourth-order valence-corrected chi connectivity index (χ4v) is 3.09. The SMILES string of the molecule is CCSCCCNS(=O)(=O)c1ccc(CO)cc1. The summed E-state index contributed by atoms with van der Waals surface area (Å²) in [7, 11) is -3.41. The van der Waals surface area contributed by atoms with Crippen LogP contribution in [0.15, 0.2) is 29.2 Å². The molecule has 0 radical (unpaired) electrons. The molecule has 0 amide bonds. The maximum Gasteiger partial charge on any atom is 0.240 e. The van der Waals surface area contributed by atoms with Crippen LogP contribution in [-0.4, -0.2) is 31.6 Å². The van der Waals surface area contributed by atoms with Gasteiger partial charge < -0.3 is 5.11 Å². The smallest absolute Gasteiger partial charge is 0.240 e. The number of aliphatic hydroxyl groups excluding tert-OH is 1. The number of hydrogen-bond donors (Lipinski definition) is 2. The molecule has 4 nitrogen and oxygen atoms in total. The van der Waals surface area contributed by atoms with Gasteiger partial charge in [0.1, 0.15) is 0 Å². The number of aliphatic hydroxyl groups is 1. The van der Waals surface area contributed by atoms with E-state index in [0.29, 0.717) is 12.1 Å². The second-order valence-corrected chi connectivity index (χ2v) is 6.91. The maximum atomic E-state index is 11.9. The highest BCUT2D eigenvalue weighted by Gasteiger charge is 2.12. The molecule has 0 aromatic heterocycles. The van der Waals surface area contributed by atoms with Crippen LogP contribution in [0.1, 0.15) is 18.9 Å². The van der Waals surface area contributed by atoms with Crippen LogP contribution in [0.3, 0.4) is 0 Å². The summed E-state index contributed by atoms with van der Waals surface area (Å²) in [5.41, 5.74) is 0.702. The van der Waals surface area contributed by atoms with Crippen LogP contribution in [0.25, 0.3) is 0 Å². The first-order chi connectivity index (χ1) is 8.60. The molecule has 6 heteroatoms. The Bertz CT molecular complexity index is 443. The molecule has 1 aromatic carbocycles. The molecule has 0 aliphatic heterocycles.